The Balaban J connectivity index is 1.04. The fourth-order valence-electron chi connectivity index (χ4n) is 6.89. The van der Waals surface area contributed by atoms with Gasteiger partial charge < -0.3 is 19.4 Å². The van der Waals surface area contributed by atoms with Gasteiger partial charge in [0.05, 0.1) is 44.7 Å². The molecule has 5 aliphatic heterocycles. The van der Waals surface area contributed by atoms with E-state index in [0.29, 0.717) is 23.0 Å². The fourth-order valence-corrected chi connectivity index (χ4v) is 6.89. The van der Waals surface area contributed by atoms with Gasteiger partial charge in [0, 0.05) is 51.8 Å². The second kappa shape index (κ2) is 13.8. The first-order valence-corrected chi connectivity index (χ1v) is 17.7. The lowest BCUT2D eigenvalue weighted by molar-refractivity contribution is -0.385. The van der Waals surface area contributed by atoms with Crippen molar-refractivity contribution in [1.29, 1.82) is 0 Å². The zero-order valence-corrected chi connectivity index (χ0v) is 29.5. The molecule has 6 heterocycles. The number of non-ortho nitro benzene ring substituents is 2. The number of benzene rings is 3. The van der Waals surface area contributed by atoms with Crippen LogP contribution in [0.1, 0.15) is 5.56 Å². The predicted octanol–water partition coefficient (Wildman–Crippen LogP) is 7.54. The van der Waals surface area contributed by atoms with E-state index in [1.807, 2.05) is 78.9 Å². The zero-order valence-electron chi connectivity index (χ0n) is 29.5. The number of aromatic nitrogens is 1. The quantitative estimate of drug-likeness (QED) is 0.0581. The highest BCUT2D eigenvalue weighted by Crippen LogP contribution is 2.51. The number of nitrogens with one attached hydrogen (secondary N) is 1. The molecule has 0 spiro atoms. The van der Waals surface area contributed by atoms with E-state index >= 15 is 0 Å². The minimum atomic E-state index is -0.454. The van der Waals surface area contributed by atoms with Crippen LogP contribution in [0.3, 0.4) is 0 Å². The summed E-state index contributed by atoms with van der Waals surface area (Å²) in [5.74, 6) is 2.04. The first-order valence-electron chi connectivity index (χ1n) is 17.7. The topological polar surface area (TPSA) is 148 Å². The third-order valence-corrected chi connectivity index (χ3v) is 9.70. The summed E-state index contributed by atoms with van der Waals surface area (Å²) in [6.45, 7) is 3.86. The monoisotopic (exact) mass is 738 g/mol. The number of rotatable bonds is 10. The minimum Gasteiger partial charge on any atom is -0.457 e. The van der Waals surface area contributed by atoms with E-state index in [2.05, 4.69) is 28.6 Å². The molecule has 3 aromatic carbocycles. The number of ether oxygens (including phenoxy) is 2. The van der Waals surface area contributed by atoms with Gasteiger partial charge in [0.15, 0.2) is 0 Å². The third-order valence-electron chi connectivity index (χ3n) is 9.70. The molecule has 1 aromatic heterocycles. The molecule has 2 unspecified atom stereocenters. The Morgan fingerprint density at radius 1 is 0.786 bits per heavy atom. The highest BCUT2D eigenvalue weighted by atomic mass is 16.6. The molecule has 0 amide bonds. The van der Waals surface area contributed by atoms with E-state index in [1.165, 1.54) is 24.3 Å². The Morgan fingerprint density at radius 3 is 2.16 bits per heavy atom. The summed E-state index contributed by atoms with van der Waals surface area (Å²) >= 11 is 0. The van der Waals surface area contributed by atoms with Crippen molar-refractivity contribution in [2.45, 2.75) is 12.1 Å². The third kappa shape index (κ3) is 6.62. The Labute approximate surface area is 319 Å². The van der Waals surface area contributed by atoms with Crippen LogP contribution < -0.4 is 20.2 Å². The number of allylic oxidation sites excluding steroid dienone is 9. The Morgan fingerprint density at radius 2 is 1.46 bits per heavy atom. The second-order valence-electron chi connectivity index (χ2n) is 13.2. The van der Waals surface area contributed by atoms with Gasteiger partial charge in [0.1, 0.15) is 23.0 Å². The van der Waals surface area contributed by atoms with Gasteiger partial charge in [0.25, 0.3) is 11.4 Å². The van der Waals surface area contributed by atoms with Crippen LogP contribution in [0.15, 0.2) is 185 Å². The van der Waals surface area contributed by atoms with E-state index in [1.54, 1.807) is 36.4 Å². The van der Waals surface area contributed by atoms with E-state index in [9.17, 15) is 20.2 Å². The lowest BCUT2D eigenvalue weighted by Gasteiger charge is -2.22. The molecular formula is C44H30N6O6. The highest BCUT2D eigenvalue weighted by Gasteiger charge is 2.54. The van der Waals surface area contributed by atoms with Gasteiger partial charge in [0.2, 0.25) is 0 Å². The Hall–Kier alpha value is -7.86. The first-order chi connectivity index (χ1) is 27.3. The summed E-state index contributed by atoms with van der Waals surface area (Å²) in [4.78, 5) is 37.1. The van der Waals surface area contributed by atoms with Crippen molar-refractivity contribution in [1.82, 2.24) is 9.88 Å². The molecule has 56 heavy (non-hydrogen) atoms. The maximum Gasteiger partial charge on any atom is 0.269 e. The molecule has 5 aliphatic rings. The average molecular weight is 739 g/mol. The van der Waals surface area contributed by atoms with E-state index in [0.717, 1.165) is 55.9 Å². The lowest BCUT2D eigenvalue weighted by atomic mass is 9.97. The van der Waals surface area contributed by atoms with Crippen molar-refractivity contribution in [3.05, 3.63) is 212 Å². The Kier molecular flexibility index (Phi) is 8.39. The van der Waals surface area contributed by atoms with Gasteiger partial charge in [-0.2, -0.15) is 0 Å². The molecule has 12 heteroatoms. The number of H-pyrrole nitrogens is 1. The van der Waals surface area contributed by atoms with Crippen LogP contribution in [0, 0.1) is 20.2 Å². The normalized spacial score (nSPS) is 22.8. The van der Waals surface area contributed by atoms with Crippen LogP contribution in [0.5, 0.6) is 17.2 Å². The summed E-state index contributed by atoms with van der Waals surface area (Å²) in [5.41, 5.74) is 7.27. The molecule has 0 saturated carbocycles. The summed E-state index contributed by atoms with van der Waals surface area (Å²) in [5, 5.41) is 23.8. The van der Waals surface area contributed by atoms with Crippen LogP contribution in [0.25, 0.3) is 17.2 Å². The van der Waals surface area contributed by atoms with E-state index in [4.69, 9.17) is 19.5 Å². The smallest absolute Gasteiger partial charge is 0.269 e. The van der Waals surface area contributed by atoms with Crippen molar-refractivity contribution < 1.29 is 19.3 Å². The molecule has 9 rings (SSSR count). The minimum absolute atomic E-state index is 0.00496. The molecule has 4 aromatic rings. The van der Waals surface area contributed by atoms with Crippen LogP contribution in [0.2, 0.25) is 0 Å². The van der Waals surface area contributed by atoms with E-state index < -0.39 is 9.85 Å². The number of hydrogen-bond acceptors (Lipinski definition) is 9. The molecule has 2 atom stereocenters. The SMILES string of the molecule is C=C\C(=C/C=C/C1=c2\cc/c([nH]2)=C/C2=NC(=C(/c3ccc(Oc4ccc([N+](=O)[O-])cc4)cc3)C3=CC4C(/C=C5/C=CC1=N5)N34)/C=C2)Oc1ccc([N+](=O)[O-])cc1. The molecule has 6 bridgehead atoms. The number of nitrogens with zero attached hydrogens (tertiary/aromatic N) is 5. The van der Waals surface area contributed by atoms with Crippen molar-refractivity contribution in [3.8, 4) is 17.2 Å². The van der Waals surface area contributed by atoms with Crippen molar-refractivity contribution in [2.75, 3.05) is 0 Å². The van der Waals surface area contributed by atoms with E-state index in [-0.39, 0.29) is 23.5 Å². The number of hydrogen-bond donors (Lipinski definition) is 1. The van der Waals surface area contributed by atoms with Crippen molar-refractivity contribution >= 4 is 40.0 Å². The molecule has 272 valence electrons. The number of fused-ring (bicyclic) bond motifs is 5. The second-order valence-corrected chi connectivity index (χ2v) is 13.2. The molecule has 1 N–H and O–H groups in total. The van der Waals surface area contributed by atoms with Gasteiger partial charge in [-0.25, -0.2) is 9.98 Å². The molecule has 1 fully saturated rings. The standard InChI is InChI=1S/C44H30N6O6/c1-2-33(55-35-17-11-31(12-18-35)49(51)52)4-3-5-37-38-21-8-28(45-38)24-29-10-23-40(47-29)44(43-26-42-41(48(42)43)25-30-9-22-39(37)46-30)27-6-15-34(16-7-27)56-36-19-13-32(14-20-36)50(53)54/h2-26,41-42,45H,1H2/b5-3+,28-24-,30-25-,33-4+,38-37-,44-40-. The molecule has 1 saturated heterocycles. The largest absolute Gasteiger partial charge is 0.457 e. The summed E-state index contributed by atoms with van der Waals surface area (Å²) in [6, 6.07) is 24.1. The molecular weight excluding hydrogens is 709 g/mol. The molecule has 0 radical (unpaired) electrons. The number of nitro groups is 2. The zero-order chi connectivity index (χ0) is 38.3. The van der Waals surface area contributed by atoms with Gasteiger partial charge in [-0.3, -0.25) is 20.2 Å². The first kappa shape index (κ1) is 33.9. The highest BCUT2D eigenvalue weighted by molar-refractivity contribution is 6.28. The van der Waals surface area contributed by atoms with Crippen LogP contribution in [0.4, 0.5) is 11.4 Å². The summed E-state index contributed by atoms with van der Waals surface area (Å²) in [6.07, 6.45) is 21.7. The number of aromatic amines is 1. The van der Waals surface area contributed by atoms with Crippen molar-refractivity contribution in [3.63, 3.8) is 0 Å². The number of aliphatic imine (C=N–C) groups is 2. The number of nitro benzene ring substituents is 2. The van der Waals surface area contributed by atoms with Gasteiger partial charge in [-0.05, 0) is 109 Å². The predicted molar refractivity (Wildman–Crippen MR) is 214 cm³/mol. The summed E-state index contributed by atoms with van der Waals surface area (Å²) in [7, 11) is 0. The Bertz CT molecular complexity index is 2760. The van der Waals surface area contributed by atoms with Gasteiger partial charge in [-0.15, -0.1) is 0 Å². The van der Waals surface area contributed by atoms with Crippen LogP contribution >= 0.6 is 0 Å². The average Bonchev–Trinajstić information content (AvgIpc) is 3.75. The molecule has 12 nitrogen and oxygen atoms in total. The lowest BCUT2D eigenvalue weighted by Crippen LogP contribution is -2.16. The molecule has 0 aliphatic carbocycles. The van der Waals surface area contributed by atoms with Crippen LogP contribution in [-0.2, 0) is 0 Å². The van der Waals surface area contributed by atoms with Gasteiger partial charge in [-0.1, -0.05) is 30.9 Å². The summed E-state index contributed by atoms with van der Waals surface area (Å²) < 4.78 is 11.9. The fraction of sp³-hybridized carbons (Fsp3) is 0.0455. The van der Waals surface area contributed by atoms with Crippen molar-refractivity contribution in [2.24, 2.45) is 9.98 Å². The van der Waals surface area contributed by atoms with Crippen LogP contribution in [-0.4, -0.2) is 43.2 Å². The maximum atomic E-state index is 11.0. The van der Waals surface area contributed by atoms with Gasteiger partial charge >= 0.3 is 0 Å². The maximum absolute atomic E-state index is 11.0.